The summed E-state index contributed by atoms with van der Waals surface area (Å²) in [5, 5.41) is 8.41. The zero-order valence-corrected chi connectivity index (χ0v) is 15.9. The Balaban J connectivity index is 6.47. The van der Waals surface area contributed by atoms with Gasteiger partial charge in [-0.2, -0.15) is 65.9 Å². The van der Waals surface area contributed by atoms with Crippen molar-refractivity contribution in [1.29, 1.82) is 0 Å². The first kappa shape index (κ1) is 31.1. The minimum absolute atomic E-state index is 0.198. The third kappa shape index (κ3) is 4.57. The van der Waals surface area contributed by atoms with Crippen LogP contribution in [0.1, 0.15) is 26.7 Å². The van der Waals surface area contributed by atoms with Crippen molar-refractivity contribution < 1.29 is 80.1 Å². The van der Waals surface area contributed by atoms with E-state index >= 15 is 0 Å². The Morgan fingerprint density at radius 1 is 0.667 bits per heavy atom. The first-order chi connectivity index (χ1) is 14.1. The highest BCUT2D eigenvalue weighted by molar-refractivity contribution is 5.85. The second-order valence-corrected chi connectivity index (χ2v) is 6.81. The van der Waals surface area contributed by atoms with Gasteiger partial charge in [0.15, 0.2) is 0 Å². The molecule has 0 aliphatic heterocycles. The Kier molecular flexibility index (Phi) is 7.90. The standard InChI is InChI=1S/C15H12F16O2/c1-6(7(32)33)4-3-5-9(17,18)11(21,22)13(25,26)14(27,28)12(23,24)10(19,20)8(2,16)15(29,30)31/h4H,3,5H2,1-2H3,(H,32,33). The van der Waals surface area contributed by atoms with Crippen LogP contribution in [0.5, 0.6) is 0 Å². The predicted octanol–water partition coefficient (Wildman–Crippen LogP) is 6.90. The van der Waals surface area contributed by atoms with Crippen LogP contribution >= 0.6 is 0 Å². The van der Waals surface area contributed by atoms with Crippen LogP contribution in [0.3, 0.4) is 0 Å². The largest absolute Gasteiger partial charge is 0.478 e. The monoisotopic (exact) mass is 528 g/mol. The van der Waals surface area contributed by atoms with E-state index in [-0.39, 0.29) is 6.08 Å². The molecule has 0 aliphatic carbocycles. The van der Waals surface area contributed by atoms with Crippen molar-refractivity contribution in [1.82, 2.24) is 0 Å². The minimum atomic E-state index is -8.37. The van der Waals surface area contributed by atoms with E-state index in [1.807, 2.05) is 0 Å². The van der Waals surface area contributed by atoms with Gasteiger partial charge in [-0.3, -0.25) is 0 Å². The van der Waals surface area contributed by atoms with Gasteiger partial charge in [-0.25, -0.2) is 9.18 Å². The number of aliphatic carboxylic acids is 1. The molecule has 0 heterocycles. The zero-order valence-electron chi connectivity index (χ0n) is 15.9. The van der Waals surface area contributed by atoms with Gasteiger partial charge in [0.05, 0.1) is 0 Å². The molecule has 0 aromatic carbocycles. The molecule has 0 saturated carbocycles. The van der Waals surface area contributed by atoms with E-state index in [0.717, 1.165) is 0 Å². The number of alkyl halides is 16. The van der Waals surface area contributed by atoms with Gasteiger partial charge in [-0.05, 0) is 20.3 Å². The molecule has 33 heavy (non-hydrogen) atoms. The van der Waals surface area contributed by atoms with Crippen LogP contribution in [0.25, 0.3) is 0 Å². The van der Waals surface area contributed by atoms with Gasteiger partial charge < -0.3 is 5.11 Å². The van der Waals surface area contributed by atoms with Crippen molar-refractivity contribution in [2.45, 2.75) is 74.1 Å². The topological polar surface area (TPSA) is 37.3 Å². The lowest BCUT2D eigenvalue weighted by atomic mass is 9.84. The average Bonchev–Trinajstić information content (AvgIpc) is 2.59. The fraction of sp³-hybridized carbons (Fsp3) is 0.800. The van der Waals surface area contributed by atoms with Gasteiger partial charge >= 0.3 is 47.7 Å². The Labute approximate surface area is 173 Å². The quantitative estimate of drug-likeness (QED) is 0.248. The third-order valence-corrected chi connectivity index (χ3v) is 4.40. The Morgan fingerprint density at radius 3 is 1.33 bits per heavy atom. The van der Waals surface area contributed by atoms with E-state index in [1.165, 1.54) is 0 Å². The normalized spacial score (nSPS) is 17.7. The summed E-state index contributed by atoms with van der Waals surface area (Å²) in [7, 11) is 0. The Morgan fingerprint density at radius 2 is 1.00 bits per heavy atom. The summed E-state index contributed by atoms with van der Waals surface area (Å²) in [6, 6.07) is 0. The summed E-state index contributed by atoms with van der Waals surface area (Å²) in [6.07, 6.45) is -11.1. The van der Waals surface area contributed by atoms with Gasteiger partial charge in [0, 0.05) is 12.0 Å². The highest BCUT2D eigenvalue weighted by Crippen LogP contribution is 2.63. The van der Waals surface area contributed by atoms with Crippen molar-refractivity contribution in [3.05, 3.63) is 11.6 Å². The first-order valence-electron chi connectivity index (χ1n) is 8.00. The van der Waals surface area contributed by atoms with Gasteiger partial charge in [0.1, 0.15) is 0 Å². The van der Waals surface area contributed by atoms with E-state index in [4.69, 9.17) is 5.11 Å². The number of carboxylic acid groups (broad SMARTS) is 1. The number of hydrogen-bond donors (Lipinski definition) is 1. The minimum Gasteiger partial charge on any atom is -0.478 e. The highest BCUT2D eigenvalue weighted by Gasteiger charge is 2.93. The molecule has 18 heteroatoms. The van der Waals surface area contributed by atoms with Crippen LogP contribution in [0.15, 0.2) is 11.6 Å². The highest BCUT2D eigenvalue weighted by atomic mass is 19.4. The molecule has 0 spiro atoms. The molecule has 1 unspecified atom stereocenters. The second-order valence-electron chi connectivity index (χ2n) is 6.81. The van der Waals surface area contributed by atoms with Gasteiger partial charge in [0.2, 0.25) is 0 Å². The van der Waals surface area contributed by atoms with Gasteiger partial charge in [-0.15, -0.1) is 0 Å². The van der Waals surface area contributed by atoms with Crippen molar-refractivity contribution in [3.63, 3.8) is 0 Å². The van der Waals surface area contributed by atoms with Crippen molar-refractivity contribution in [2.24, 2.45) is 0 Å². The fourth-order valence-corrected chi connectivity index (χ4v) is 2.01. The smallest absolute Gasteiger partial charge is 0.428 e. The van der Waals surface area contributed by atoms with Crippen LogP contribution in [-0.4, -0.2) is 58.5 Å². The van der Waals surface area contributed by atoms with Crippen molar-refractivity contribution in [2.75, 3.05) is 0 Å². The molecule has 1 atom stereocenters. The Hall–Kier alpha value is -1.91. The molecule has 0 bridgehead atoms. The lowest BCUT2D eigenvalue weighted by molar-refractivity contribution is -0.445. The molecule has 0 aromatic heterocycles. The fourth-order valence-electron chi connectivity index (χ4n) is 2.01. The molecule has 0 fully saturated rings. The maximum atomic E-state index is 13.6. The number of carboxylic acids is 1. The summed E-state index contributed by atoms with van der Waals surface area (Å²) in [6.45, 7) is -0.808. The first-order valence-corrected chi connectivity index (χ1v) is 8.00. The molecule has 0 radical (unpaired) electrons. The van der Waals surface area contributed by atoms with Crippen LogP contribution in [-0.2, 0) is 4.79 Å². The summed E-state index contributed by atoms with van der Waals surface area (Å²) in [5.74, 6) is -48.6. The molecule has 0 aliphatic rings. The molecular weight excluding hydrogens is 516 g/mol. The van der Waals surface area contributed by atoms with Crippen LogP contribution in [0.2, 0.25) is 0 Å². The number of carbonyl (C=O) groups is 1. The maximum absolute atomic E-state index is 13.6. The number of allylic oxidation sites excluding steroid dienone is 1. The number of rotatable bonds is 10. The molecule has 0 rings (SSSR count). The van der Waals surface area contributed by atoms with E-state index in [9.17, 15) is 75.0 Å². The predicted molar refractivity (Wildman–Crippen MR) is 75.9 cm³/mol. The molecule has 0 aromatic rings. The number of hydrogen-bond acceptors (Lipinski definition) is 1. The van der Waals surface area contributed by atoms with E-state index in [2.05, 4.69) is 0 Å². The van der Waals surface area contributed by atoms with Crippen LogP contribution in [0, 0.1) is 0 Å². The van der Waals surface area contributed by atoms with E-state index < -0.39 is 78.7 Å². The maximum Gasteiger partial charge on any atom is 0.428 e. The molecule has 1 N–H and O–H groups in total. The second kappa shape index (κ2) is 8.39. The number of halogens is 16. The van der Waals surface area contributed by atoms with Crippen LogP contribution < -0.4 is 0 Å². The molecule has 0 amide bonds. The molecule has 196 valence electrons. The average molecular weight is 528 g/mol. The lowest BCUT2D eigenvalue weighted by Crippen LogP contribution is -2.74. The third-order valence-electron chi connectivity index (χ3n) is 4.40. The van der Waals surface area contributed by atoms with Crippen LogP contribution in [0.4, 0.5) is 70.2 Å². The van der Waals surface area contributed by atoms with Crippen molar-refractivity contribution >= 4 is 5.97 Å². The summed E-state index contributed by atoms with van der Waals surface area (Å²) < 4.78 is 213. The summed E-state index contributed by atoms with van der Waals surface area (Å²) in [4.78, 5) is 10.4. The molecular formula is C15H12F16O2. The van der Waals surface area contributed by atoms with Gasteiger partial charge in [0.25, 0.3) is 5.67 Å². The van der Waals surface area contributed by atoms with E-state index in [0.29, 0.717) is 6.92 Å². The molecule has 0 saturated heterocycles. The summed E-state index contributed by atoms with van der Waals surface area (Å²) >= 11 is 0. The zero-order chi connectivity index (χ0) is 27.3. The Bertz CT molecular complexity index is 762. The van der Waals surface area contributed by atoms with Gasteiger partial charge in [-0.1, -0.05) is 6.08 Å². The lowest BCUT2D eigenvalue weighted by Gasteiger charge is -2.44. The SMILES string of the molecule is CC(=CCCC(F)(F)C(F)(F)C(F)(F)C(F)(F)C(F)(F)C(F)(F)C(C)(F)C(F)(F)F)C(=O)O. The van der Waals surface area contributed by atoms with Crippen molar-refractivity contribution in [3.8, 4) is 0 Å². The summed E-state index contributed by atoms with van der Waals surface area (Å²) in [5.41, 5.74) is -7.55. The van der Waals surface area contributed by atoms with E-state index in [1.54, 1.807) is 0 Å². The molecule has 2 nitrogen and oxygen atoms in total.